The molecule has 0 saturated carbocycles. The molecule has 1 fully saturated rings. The van der Waals surface area contributed by atoms with E-state index in [9.17, 15) is 18.4 Å². The summed E-state index contributed by atoms with van der Waals surface area (Å²) < 4.78 is 27.7. The molecule has 1 saturated heterocycles. The normalized spacial score (nSPS) is 17.9. The van der Waals surface area contributed by atoms with Crippen LogP contribution in [0.2, 0.25) is 0 Å². The number of anilines is 1. The fourth-order valence-corrected chi connectivity index (χ4v) is 2.47. The number of hydrogen-bond donors (Lipinski definition) is 1. The molecule has 1 aromatic carbocycles. The summed E-state index contributed by atoms with van der Waals surface area (Å²) in [6.45, 7) is 0.288. The summed E-state index contributed by atoms with van der Waals surface area (Å²) in [5.74, 6) is -3.15. The van der Waals surface area contributed by atoms with E-state index in [0.29, 0.717) is 12.8 Å². The Kier molecular flexibility index (Phi) is 4.11. The predicted molar refractivity (Wildman–Crippen MR) is 73.5 cm³/mol. The molecular formula is C14H17F2N3O2. The fraction of sp³-hybridized carbons (Fsp3) is 0.429. The summed E-state index contributed by atoms with van der Waals surface area (Å²) in [6.07, 6.45) is 1.09. The number of amides is 2. The van der Waals surface area contributed by atoms with Crippen molar-refractivity contribution in [3.8, 4) is 0 Å². The van der Waals surface area contributed by atoms with Crippen LogP contribution in [0.1, 0.15) is 23.2 Å². The summed E-state index contributed by atoms with van der Waals surface area (Å²) >= 11 is 0. The lowest BCUT2D eigenvalue weighted by molar-refractivity contribution is -0.132. The summed E-state index contributed by atoms with van der Waals surface area (Å²) in [6, 6.07) is 1.32. The average molecular weight is 297 g/mol. The van der Waals surface area contributed by atoms with Crippen molar-refractivity contribution in [2.24, 2.45) is 0 Å². The van der Waals surface area contributed by atoms with E-state index in [0.717, 1.165) is 12.1 Å². The van der Waals surface area contributed by atoms with Crippen LogP contribution in [0.5, 0.6) is 0 Å². The van der Waals surface area contributed by atoms with Gasteiger partial charge in [-0.25, -0.2) is 8.78 Å². The second-order valence-electron chi connectivity index (χ2n) is 5.21. The Hall–Kier alpha value is -2.18. The van der Waals surface area contributed by atoms with Gasteiger partial charge in [-0.15, -0.1) is 0 Å². The number of nitrogen functional groups attached to an aromatic ring is 1. The van der Waals surface area contributed by atoms with Crippen LogP contribution < -0.4 is 5.73 Å². The van der Waals surface area contributed by atoms with Gasteiger partial charge in [-0.3, -0.25) is 9.59 Å². The maximum absolute atomic E-state index is 13.9. The molecule has 0 aromatic heterocycles. The zero-order valence-electron chi connectivity index (χ0n) is 11.9. The minimum Gasteiger partial charge on any atom is -0.396 e. The molecule has 2 N–H and O–H groups in total. The Labute approximate surface area is 121 Å². The molecule has 1 aliphatic heterocycles. The van der Waals surface area contributed by atoms with Crippen LogP contribution in [-0.2, 0) is 4.79 Å². The molecule has 2 rings (SSSR count). The number of rotatable bonds is 2. The number of carbonyl (C=O) groups excluding carboxylic acids is 2. The SMILES string of the molecule is CN(C)C(=O)C1CCCN1C(=O)c1c(F)ccc(N)c1F. The second-order valence-corrected chi connectivity index (χ2v) is 5.21. The number of benzene rings is 1. The van der Waals surface area contributed by atoms with E-state index in [4.69, 9.17) is 5.73 Å². The largest absolute Gasteiger partial charge is 0.396 e. The van der Waals surface area contributed by atoms with Gasteiger partial charge in [0.05, 0.1) is 5.69 Å². The molecule has 7 heteroatoms. The zero-order chi connectivity index (χ0) is 15.7. The minimum absolute atomic E-state index is 0.259. The molecule has 2 amide bonds. The van der Waals surface area contributed by atoms with Gasteiger partial charge in [-0.1, -0.05) is 0 Å². The first kappa shape index (κ1) is 15.2. The van der Waals surface area contributed by atoms with Crippen LogP contribution in [-0.4, -0.2) is 48.3 Å². The zero-order valence-corrected chi connectivity index (χ0v) is 11.9. The Bertz CT molecular complexity index is 590. The van der Waals surface area contributed by atoms with Crippen molar-refractivity contribution >= 4 is 17.5 Å². The Morgan fingerprint density at radius 1 is 1.33 bits per heavy atom. The number of hydrogen-bond acceptors (Lipinski definition) is 3. The van der Waals surface area contributed by atoms with E-state index >= 15 is 0 Å². The quantitative estimate of drug-likeness (QED) is 0.835. The van der Waals surface area contributed by atoms with Crippen molar-refractivity contribution in [3.63, 3.8) is 0 Å². The minimum atomic E-state index is -1.08. The molecule has 0 radical (unpaired) electrons. The molecule has 5 nitrogen and oxygen atoms in total. The maximum atomic E-state index is 13.9. The number of halogens is 2. The number of nitrogens with zero attached hydrogens (tertiary/aromatic N) is 2. The Morgan fingerprint density at radius 3 is 2.62 bits per heavy atom. The molecular weight excluding hydrogens is 280 g/mol. The van der Waals surface area contributed by atoms with Crippen molar-refractivity contribution in [1.29, 1.82) is 0 Å². The van der Waals surface area contributed by atoms with Crippen LogP contribution in [0.3, 0.4) is 0 Å². The fourth-order valence-electron chi connectivity index (χ4n) is 2.47. The van der Waals surface area contributed by atoms with E-state index in [-0.39, 0.29) is 18.1 Å². The van der Waals surface area contributed by atoms with Crippen LogP contribution in [0.15, 0.2) is 12.1 Å². The highest BCUT2D eigenvalue weighted by Crippen LogP contribution is 2.25. The monoisotopic (exact) mass is 297 g/mol. The van der Waals surface area contributed by atoms with E-state index in [1.807, 2.05) is 0 Å². The molecule has 114 valence electrons. The lowest BCUT2D eigenvalue weighted by atomic mass is 10.1. The average Bonchev–Trinajstić information content (AvgIpc) is 2.91. The standard InChI is InChI=1S/C14H17F2N3O2/c1-18(2)13(20)10-4-3-7-19(10)14(21)11-8(15)5-6-9(17)12(11)16/h5-6,10H,3-4,7,17H2,1-2H3. The molecule has 0 spiro atoms. The predicted octanol–water partition coefficient (Wildman–Crippen LogP) is 1.24. The third-order valence-electron chi connectivity index (χ3n) is 3.57. The Balaban J connectivity index is 2.36. The molecule has 0 aliphatic carbocycles. The molecule has 21 heavy (non-hydrogen) atoms. The second kappa shape index (κ2) is 5.67. The van der Waals surface area contributed by atoms with Crippen LogP contribution in [0, 0.1) is 11.6 Å². The van der Waals surface area contributed by atoms with Gasteiger partial charge >= 0.3 is 0 Å². The summed E-state index contributed by atoms with van der Waals surface area (Å²) in [4.78, 5) is 27.0. The first-order valence-electron chi connectivity index (χ1n) is 6.60. The van der Waals surface area contributed by atoms with Gasteiger partial charge in [0, 0.05) is 20.6 Å². The first-order chi connectivity index (χ1) is 9.84. The number of carbonyl (C=O) groups is 2. The maximum Gasteiger partial charge on any atom is 0.260 e. The molecule has 1 heterocycles. The van der Waals surface area contributed by atoms with Gasteiger partial charge in [-0.05, 0) is 25.0 Å². The van der Waals surface area contributed by atoms with E-state index in [2.05, 4.69) is 0 Å². The van der Waals surface area contributed by atoms with Gasteiger partial charge in [-0.2, -0.15) is 0 Å². The van der Waals surface area contributed by atoms with Crippen molar-refractivity contribution in [3.05, 3.63) is 29.3 Å². The highest BCUT2D eigenvalue weighted by Gasteiger charge is 2.37. The third-order valence-corrected chi connectivity index (χ3v) is 3.57. The van der Waals surface area contributed by atoms with Crippen molar-refractivity contribution in [2.75, 3.05) is 26.4 Å². The van der Waals surface area contributed by atoms with Gasteiger partial charge in [0.1, 0.15) is 17.4 Å². The highest BCUT2D eigenvalue weighted by molar-refractivity contribution is 5.99. The number of nitrogens with two attached hydrogens (primary N) is 1. The summed E-state index contributed by atoms with van der Waals surface area (Å²) in [7, 11) is 3.15. The van der Waals surface area contributed by atoms with Crippen LogP contribution >= 0.6 is 0 Å². The molecule has 1 unspecified atom stereocenters. The van der Waals surface area contributed by atoms with Crippen molar-refractivity contribution < 1.29 is 18.4 Å². The Morgan fingerprint density at radius 2 is 2.00 bits per heavy atom. The molecule has 1 atom stereocenters. The van der Waals surface area contributed by atoms with E-state index in [1.54, 1.807) is 14.1 Å². The number of likely N-dealkylation sites (N-methyl/N-ethyl adjacent to an activating group) is 1. The first-order valence-corrected chi connectivity index (χ1v) is 6.60. The van der Waals surface area contributed by atoms with Gasteiger partial charge < -0.3 is 15.5 Å². The van der Waals surface area contributed by atoms with Crippen LogP contribution in [0.25, 0.3) is 0 Å². The van der Waals surface area contributed by atoms with Gasteiger partial charge in [0.2, 0.25) is 5.91 Å². The molecule has 1 aliphatic rings. The smallest absolute Gasteiger partial charge is 0.260 e. The highest BCUT2D eigenvalue weighted by atomic mass is 19.1. The summed E-state index contributed by atoms with van der Waals surface area (Å²) in [5.41, 5.74) is 4.38. The molecule has 0 bridgehead atoms. The number of likely N-dealkylation sites (tertiary alicyclic amines) is 1. The third kappa shape index (κ3) is 2.68. The van der Waals surface area contributed by atoms with Crippen LogP contribution in [0.4, 0.5) is 14.5 Å². The lowest BCUT2D eigenvalue weighted by Crippen LogP contribution is -2.45. The van der Waals surface area contributed by atoms with E-state index in [1.165, 1.54) is 9.80 Å². The van der Waals surface area contributed by atoms with Gasteiger partial charge in [0.15, 0.2) is 5.82 Å². The topological polar surface area (TPSA) is 66.6 Å². The molecule has 1 aromatic rings. The van der Waals surface area contributed by atoms with E-state index < -0.39 is 29.1 Å². The van der Waals surface area contributed by atoms with Gasteiger partial charge in [0.25, 0.3) is 5.91 Å². The lowest BCUT2D eigenvalue weighted by Gasteiger charge is -2.26. The van der Waals surface area contributed by atoms with Crippen molar-refractivity contribution in [1.82, 2.24) is 9.80 Å². The summed E-state index contributed by atoms with van der Waals surface area (Å²) in [5, 5.41) is 0. The van der Waals surface area contributed by atoms with Crippen molar-refractivity contribution in [2.45, 2.75) is 18.9 Å².